The van der Waals surface area contributed by atoms with Crippen molar-refractivity contribution in [2.24, 2.45) is 29.1 Å². The maximum absolute atomic E-state index is 14.4. The predicted molar refractivity (Wildman–Crippen MR) is 149 cm³/mol. The van der Waals surface area contributed by atoms with Gasteiger partial charge in [0.05, 0.1) is 41.9 Å². The van der Waals surface area contributed by atoms with E-state index in [1.165, 1.54) is 4.90 Å². The molecule has 0 bridgehead atoms. The fraction of sp³-hybridized carbons (Fsp3) is 0.406. The number of para-hydroxylation sites is 2. The number of phenolic OH excluding ortho intramolecular Hbond substituents is 1. The quantitative estimate of drug-likeness (QED) is 0.379. The van der Waals surface area contributed by atoms with Crippen LogP contribution in [0.25, 0.3) is 0 Å². The molecule has 4 aliphatic rings. The number of allylic oxidation sites excluding steroid dienone is 2. The Labute approximate surface area is 242 Å². The van der Waals surface area contributed by atoms with E-state index in [0.29, 0.717) is 17.9 Å². The number of ether oxygens (including phenoxy) is 1. The molecule has 42 heavy (non-hydrogen) atoms. The van der Waals surface area contributed by atoms with Gasteiger partial charge in [0.15, 0.2) is 11.5 Å². The lowest BCUT2D eigenvalue weighted by molar-refractivity contribution is -0.142. The van der Waals surface area contributed by atoms with Gasteiger partial charge in [-0.25, -0.2) is 4.90 Å². The molecule has 1 saturated carbocycles. The minimum atomic E-state index is -1.29. The smallest absolute Gasteiger partial charge is 0.305 e. The lowest BCUT2D eigenvalue weighted by Gasteiger charge is -2.49. The van der Waals surface area contributed by atoms with Crippen LogP contribution in [0.2, 0.25) is 0 Å². The van der Waals surface area contributed by atoms with E-state index < -0.39 is 58.7 Å². The molecule has 6 rings (SSSR count). The number of carboxylic acid groups (broad SMARTS) is 1. The van der Waals surface area contributed by atoms with Crippen LogP contribution in [0.15, 0.2) is 60.2 Å². The number of benzene rings is 2. The van der Waals surface area contributed by atoms with E-state index in [4.69, 9.17) is 4.74 Å². The number of phenols is 1. The van der Waals surface area contributed by atoms with E-state index in [2.05, 4.69) is 0 Å². The molecule has 2 N–H and O–H groups in total. The van der Waals surface area contributed by atoms with Crippen LogP contribution in [0, 0.1) is 29.1 Å². The molecular weight excluding hydrogens is 540 g/mol. The first-order chi connectivity index (χ1) is 20.1. The van der Waals surface area contributed by atoms with Gasteiger partial charge in [-0.15, -0.1) is 0 Å². The van der Waals surface area contributed by atoms with Gasteiger partial charge in [-0.1, -0.05) is 42.0 Å². The number of aliphatic carboxylic acids is 1. The number of nitrogens with zero attached hydrogens (tertiary/aromatic N) is 2. The number of aromatic hydroxyl groups is 1. The van der Waals surface area contributed by atoms with Gasteiger partial charge in [0.1, 0.15) is 0 Å². The van der Waals surface area contributed by atoms with E-state index in [-0.39, 0.29) is 43.2 Å². The molecule has 2 aliphatic carbocycles. The predicted octanol–water partition coefficient (Wildman–Crippen LogP) is 3.50. The number of rotatable bonds is 7. The molecule has 0 unspecified atom stereocenters. The summed E-state index contributed by atoms with van der Waals surface area (Å²) < 4.78 is 5.66. The summed E-state index contributed by atoms with van der Waals surface area (Å²) in [6, 6.07) is 13.7. The fourth-order valence-electron chi connectivity index (χ4n) is 7.72. The van der Waals surface area contributed by atoms with E-state index in [1.807, 2.05) is 6.08 Å². The van der Waals surface area contributed by atoms with E-state index in [1.54, 1.807) is 62.4 Å². The highest BCUT2D eigenvalue weighted by molar-refractivity contribution is 6.24. The summed E-state index contributed by atoms with van der Waals surface area (Å²) in [4.78, 5) is 69.0. The monoisotopic (exact) mass is 572 g/mol. The molecule has 3 fully saturated rings. The van der Waals surface area contributed by atoms with Crippen molar-refractivity contribution < 1.29 is 38.9 Å². The highest BCUT2D eigenvalue weighted by Gasteiger charge is 2.67. The van der Waals surface area contributed by atoms with Gasteiger partial charge in [0, 0.05) is 18.0 Å². The third-order valence-corrected chi connectivity index (χ3v) is 9.57. The Bertz CT molecular complexity index is 1530. The van der Waals surface area contributed by atoms with Gasteiger partial charge in [0.25, 0.3) is 0 Å². The van der Waals surface area contributed by atoms with Crippen LogP contribution in [-0.2, 0) is 24.0 Å². The van der Waals surface area contributed by atoms with Crippen LogP contribution in [0.1, 0.15) is 44.6 Å². The zero-order valence-corrected chi connectivity index (χ0v) is 23.4. The minimum Gasteiger partial charge on any atom is -0.504 e. The topological polar surface area (TPSA) is 142 Å². The molecule has 6 atom stereocenters. The lowest BCUT2D eigenvalue weighted by Crippen LogP contribution is -2.49. The van der Waals surface area contributed by atoms with E-state index >= 15 is 0 Å². The van der Waals surface area contributed by atoms with E-state index in [9.17, 15) is 34.2 Å². The molecule has 10 heteroatoms. The summed E-state index contributed by atoms with van der Waals surface area (Å²) >= 11 is 0. The third kappa shape index (κ3) is 3.88. The summed E-state index contributed by atoms with van der Waals surface area (Å²) in [5.41, 5.74) is 0.296. The van der Waals surface area contributed by atoms with Gasteiger partial charge in [-0.3, -0.25) is 28.9 Å². The number of likely N-dealkylation sites (tertiary alicyclic amines) is 1. The molecule has 2 aromatic carbocycles. The summed E-state index contributed by atoms with van der Waals surface area (Å²) in [5.74, 6) is -6.27. The second-order valence-corrected chi connectivity index (χ2v) is 11.6. The average Bonchev–Trinajstić information content (AvgIpc) is 3.33. The van der Waals surface area contributed by atoms with Gasteiger partial charge < -0.3 is 14.9 Å². The lowest BCUT2D eigenvalue weighted by atomic mass is 9.51. The molecule has 10 nitrogen and oxygen atoms in total. The maximum Gasteiger partial charge on any atom is 0.305 e. The summed E-state index contributed by atoms with van der Waals surface area (Å²) in [6.07, 6.45) is 1.94. The van der Waals surface area contributed by atoms with Crippen LogP contribution >= 0.6 is 0 Å². The van der Waals surface area contributed by atoms with Crippen molar-refractivity contribution >= 4 is 35.3 Å². The molecule has 2 aliphatic heterocycles. The van der Waals surface area contributed by atoms with Gasteiger partial charge in [0.2, 0.25) is 23.6 Å². The number of hydrogen-bond donors (Lipinski definition) is 2. The Morgan fingerprint density at radius 1 is 1.00 bits per heavy atom. The number of carbonyl (C=O) groups excluding carboxylic acids is 4. The van der Waals surface area contributed by atoms with E-state index in [0.717, 1.165) is 10.5 Å². The first-order valence-corrected chi connectivity index (χ1v) is 14.3. The number of imide groups is 2. The van der Waals surface area contributed by atoms with Crippen LogP contribution in [0.4, 0.5) is 5.69 Å². The van der Waals surface area contributed by atoms with Gasteiger partial charge >= 0.3 is 5.97 Å². The summed E-state index contributed by atoms with van der Waals surface area (Å²) in [7, 11) is 0. The van der Waals surface area contributed by atoms with Crippen molar-refractivity contribution in [3.63, 3.8) is 0 Å². The number of anilines is 1. The Kier molecular flexibility index (Phi) is 6.67. The molecule has 2 heterocycles. The first kappa shape index (κ1) is 27.7. The molecular formula is C32H32N2O8. The highest BCUT2D eigenvalue weighted by atomic mass is 16.5. The second kappa shape index (κ2) is 10.1. The molecule has 0 radical (unpaired) electrons. The Hall–Kier alpha value is -4.47. The van der Waals surface area contributed by atoms with Crippen LogP contribution < -0.4 is 9.64 Å². The molecule has 0 aromatic heterocycles. The van der Waals surface area contributed by atoms with Crippen molar-refractivity contribution in [2.75, 3.05) is 18.1 Å². The highest BCUT2D eigenvalue weighted by Crippen LogP contribution is 2.64. The molecule has 2 saturated heterocycles. The van der Waals surface area contributed by atoms with Gasteiger partial charge in [-0.2, -0.15) is 0 Å². The normalized spacial score (nSPS) is 30.1. The number of carbonyl (C=O) groups is 5. The SMILES string of the molecule is CCOc1cccc([C@H]2C3=CC[C@@H]4C(=O)N(CCC(=O)O)C(=O)[C@@H]4[C@@H]3C[C@H]3C(=O)N(c4ccccc4)C(=O)[C@@]23C)c1O. The van der Waals surface area contributed by atoms with Crippen molar-refractivity contribution in [1.82, 2.24) is 4.90 Å². The minimum absolute atomic E-state index is 0.136. The number of carboxylic acids is 1. The third-order valence-electron chi connectivity index (χ3n) is 9.57. The van der Waals surface area contributed by atoms with Crippen LogP contribution in [0.5, 0.6) is 11.5 Å². The molecule has 0 spiro atoms. The van der Waals surface area contributed by atoms with Crippen LogP contribution in [-0.4, -0.2) is 57.9 Å². The standard InChI is InChI=1S/C32H32N2O8/c1-3-42-23-11-7-10-20(27(23)37)26-18-12-13-19-25(30(40)33(28(19)38)15-14-24(35)36)21(18)16-22-29(39)34(31(41)32(22,26)2)17-8-5-4-6-9-17/h4-12,19,21-22,25-26,37H,3,13-16H2,1-2H3,(H,35,36)/t19-,21+,22-,25-,26+,32+/m0/s1. The zero-order chi connectivity index (χ0) is 29.9. The Morgan fingerprint density at radius 2 is 1.74 bits per heavy atom. The summed E-state index contributed by atoms with van der Waals surface area (Å²) in [5, 5.41) is 20.6. The van der Waals surface area contributed by atoms with Crippen molar-refractivity contribution in [1.29, 1.82) is 0 Å². The summed E-state index contributed by atoms with van der Waals surface area (Å²) in [6.45, 7) is 3.63. The Morgan fingerprint density at radius 3 is 2.43 bits per heavy atom. The van der Waals surface area contributed by atoms with Crippen LogP contribution in [0.3, 0.4) is 0 Å². The first-order valence-electron chi connectivity index (χ1n) is 14.3. The number of hydrogen-bond acceptors (Lipinski definition) is 7. The second-order valence-electron chi connectivity index (χ2n) is 11.6. The maximum atomic E-state index is 14.4. The number of fused-ring (bicyclic) bond motifs is 4. The molecule has 218 valence electrons. The van der Waals surface area contributed by atoms with Crippen molar-refractivity contribution in [3.05, 3.63) is 65.7 Å². The molecule has 2 aromatic rings. The molecule has 4 amide bonds. The van der Waals surface area contributed by atoms with Crippen molar-refractivity contribution in [3.8, 4) is 11.5 Å². The van der Waals surface area contributed by atoms with Gasteiger partial charge in [-0.05, 0) is 50.8 Å². The largest absolute Gasteiger partial charge is 0.504 e. The fourth-order valence-corrected chi connectivity index (χ4v) is 7.72. The Balaban J connectivity index is 1.50. The average molecular weight is 573 g/mol. The number of amides is 4. The zero-order valence-electron chi connectivity index (χ0n) is 23.4. The van der Waals surface area contributed by atoms with Crippen molar-refractivity contribution in [2.45, 2.75) is 39.0 Å².